The first-order valence-electron chi connectivity index (χ1n) is 4.54. The van der Waals surface area contributed by atoms with Crippen molar-refractivity contribution in [2.45, 2.75) is 9.83 Å². The number of alkyl halides is 3. The summed E-state index contributed by atoms with van der Waals surface area (Å²) < 4.78 is 2.84. The number of halogens is 3. The second kappa shape index (κ2) is 6.47. The van der Waals surface area contributed by atoms with Crippen LogP contribution in [-0.2, 0) is 9.53 Å². The number of carboxylic acids is 1. The van der Waals surface area contributed by atoms with Gasteiger partial charge in [-0.05, 0) is 22.4 Å². The number of aliphatic carboxylic acids is 1. The number of amides is 1. The van der Waals surface area contributed by atoms with Gasteiger partial charge in [0.2, 0.25) is 3.79 Å². The van der Waals surface area contributed by atoms with E-state index >= 15 is 0 Å². The van der Waals surface area contributed by atoms with Gasteiger partial charge in [-0.2, -0.15) is 11.3 Å². The summed E-state index contributed by atoms with van der Waals surface area (Å²) in [7, 11) is 0. The number of rotatable bonds is 4. The van der Waals surface area contributed by atoms with Crippen molar-refractivity contribution in [1.82, 2.24) is 5.32 Å². The molecular formula is C9H8Cl3NO4S. The number of hydrogen-bond acceptors (Lipinski definition) is 4. The van der Waals surface area contributed by atoms with E-state index in [1.165, 1.54) is 11.3 Å². The average molecular weight is 333 g/mol. The van der Waals surface area contributed by atoms with Crippen molar-refractivity contribution >= 4 is 58.2 Å². The number of hydrogen-bond donors (Lipinski definition) is 2. The lowest BCUT2D eigenvalue weighted by atomic mass is 10.1. The minimum absolute atomic E-state index is 0.443. The molecule has 0 fully saturated rings. The van der Waals surface area contributed by atoms with Crippen molar-refractivity contribution in [3.63, 3.8) is 0 Å². The van der Waals surface area contributed by atoms with Gasteiger partial charge in [0.25, 0.3) is 0 Å². The first kappa shape index (κ1) is 15.4. The molecule has 0 spiro atoms. The highest BCUT2D eigenvalue weighted by Crippen LogP contribution is 2.26. The molecular weight excluding hydrogens is 325 g/mol. The van der Waals surface area contributed by atoms with Gasteiger partial charge in [-0.3, -0.25) is 0 Å². The van der Waals surface area contributed by atoms with Crippen LogP contribution in [0.25, 0.3) is 0 Å². The zero-order chi connectivity index (χ0) is 13.8. The summed E-state index contributed by atoms with van der Waals surface area (Å²) in [5.74, 6) is -1.21. The largest absolute Gasteiger partial charge is 0.479 e. The number of nitrogens with one attached hydrogen (secondary N) is 1. The van der Waals surface area contributed by atoms with E-state index in [9.17, 15) is 9.59 Å². The maximum atomic E-state index is 11.3. The van der Waals surface area contributed by atoms with Gasteiger partial charge >= 0.3 is 12.1 Å². The van der Waals surface area contributed by atoms with Crippen LogP contribution >= 0.6 is 46.1 Å². The third-order valence-electron chi connectivity index (χ3n) is 1.75. The van der Waals surface area contributed by atoms with Crippen LogP contribution in [0.5, 0.6) is 0 Å². The topological polar surface area (TPSA) is 75.6 Å². The maximum absolute atomic E-state index is 11.3. The molecule has 1 aromatic rings. The van der Waals surface area contributed by atoms with Crippen LogP contribution in [0.1, 0.15) is 11.6 Å². The number of carbonyl (C=O) groups is 2. The SMILES string of the molecule is O=C(N[C@@H](C(=O)O)c1ccsc1)OCC(Cl)(Cl)Cl. The predicted molar refractivity (Wildman–Crippen MR) is 69.5 cm³/mol. The summed E-state index contributed by atoms with van der Waals surface area (Å²) >= 11 is 17.5. The van der Waals surface area contributed by atoms with Crippen molar-refractivity contribution in [2.75, 3.05) is 6.61 Å². The lowest BCUT2D eigenvalue weighted by molar-refractivity contribution is -0.139. The molecule has 0 aliphatic heterocycles. The Bertz CT molecular complexity index is 418. The molecule has 0 aliphatic rings. The minimum atomic E-state index is -1.74. The van der Waals surface area contributed by atoms with E-state index in [0.29, 0.717) is 5.56 Å². The van der Waals surface area contributed by atoms with Gasteiger partial charge in [0.1, 0.15) is 6.61 Å². The fourth-order valence-corrected chi connectivity index (χ4v) is 1.88. The molecule has 0 aliphatic carbocycles. The number of ether oxygens (including phenoxy) is 1. The first-order valence-corrected chi connectivity index (χ1v) is 6.62. The molecule has 2 N–H and O–H groups in total. The van der Waals surface area contributed by atoms with Gasteiger partial charge in [0.05, 0.1) is 0 Å². The zero-order valence-corrected chi connectivity index (χ0v) is 11.8. The molecule has 0 saturated carbocycles. The molecule has 9 heteroatoms. The third-order valence-corrected chi connectivity index (χ3v) is 2.78. The smallest absolute Gasteiger partial charge is 0.408 e. The van der Waals surface area contributed by atoms with Crippen molar-refractivity contribution < 1.29 is 19.4 Å². The zero-order valence-electron chi connectivity index (χ0n) is 8.73. The van der Waals surface area contributed by atoms with Crippen LogP contribution in [0.4, 0.5) is 4.79 Å². The highest BCUT2D eigenvalue weighted by Gasteiger charge is 2.26. The van der Waals surface area contributed by atoms with Gasteiger partial charge in [-0.25, -0.2) is 9.59 Å². The monoisotopic (exact) mass is 331 g/mol. The molecule has 100 valence electrons. The van der Waals surface area contributed by atoms with Gasteiger partial charge in [0.15, 0.2) is 6.04 Å². The standard InChI is InChI=1S/C9H8Cl3NO4S/c10-9(11,12)4-17-8(16)13-6(7(14)15)5-1-2-18-3-5/h1-3,6H,4H2,(H,13,16)(H,14,15)/t6-/m1/s1. The highest BCUT2D eigenvalue weighted by molar-refractivity contribution is 7.08. The van der Waals surface area contributed by atoms with E-state index < -0.39 is 28.5 Å². The molecule has 0 saturated heterocycles. The molecule has 0 radical (unpaired) electrons. The van der Waals surface area contributed by atoms with Crippen LogP contribution < -0.4 is 5.32 Å². The van der Waals surface area contributed by atoms with E-state index in [1.54, 1.807) is 16.8 Å². The lowest BCUT2D eigenvalue weighted by Crippen LogP contribution is -2.35. The number of carboxylic acid groups (broad SMARTS) is 1. The number of alkyl carbamates (subject to hydrolysis) is 1. The second-order valence-corrected chi connectivity index (χ2v) is 6.46. The van der Waals surface area contributed by atoms with Crippen molar-refractivity contribution in [3.8, 4) is 0 Å². The summed E-state index contributed by atoms with van der Waals surface area (Å²) in [6, 6.07) is 0.387. The predicted octanol–water partition coefficient (Wildman–Crippen LogP) is 2.97. The Morgan fingerprint density at radius 3 is 2.61 bits per heavy atom. The van der Waals surface area contributed by atoms with E-state index in [1.807, 2.05) is 0 Å². The van der Waals surface area contributed by atoms with Crippen LogP contribution in [0, 0.1) is 0 Å². The molecule has 1 rings (SSSR count). The minimum Gasteiger partial charge on any atom is -0.479 e. The van der Waals surface area contributed by atoms with Gasteiger partial charge in [-0.1, -0.05) is 34.8 Å². The molecule has 5 nitrogen and oxygen atoms in total. The summed E-state index contributed by atoms with van der Waals surface area (Å²) in [6.07, 6.45) is -0.972. The Balaban J connectivity index is 2.58. The molecule has 0 bridgehead atoms. The van der Waals surface area contributed by atoms with Gasteiger partial charge in [-0.15, -0.1) is 0 Å². The highest BCUT2D eigenvalue weighted by atomic mass is 35.6. The summed E-state index contributed by atoms with van der Waals surface area (Å²) in [5, 5.41) is 14.4. The van der Waals surface area contributed by atoms with Gasteiger partial charge in [0, 0.05) is 0 Å². The second-order valence-electron chi connectivity index (χ2n) is 3.16. The Hall–Kier alpha value is -0.690. The van der Waals surface area contributed by atoms with E-state index in [0.717, 1.165) is 0 Å². The molecule has 0 aromatic carbocycles. The lowest BCUT2D eigenvalue weighted by Gasteiger charge is -2.15. The molecule has 1 amide bonds. The van der Waals surface area contributed by atoms with Crippen molar-refractivity contribution in [1.29, 1.82) is 0 Å². The van der Waals surface area contributed by atoms with Crippen LogP contribution in [0.2, 0.25) is 0 Å². The Kier molecular flexibility index (Phi) is 5.52. The normalized spacial score (nSPS) is 12.8. The molecule has 1 heterocycles. The Labute approximate surface area is 122 Å². The molecule has 1 atom stereocenters. The Morgan fingerprint density at radius 2 is 2.17 bits per heavy atom. The van der Waals surface area contributed by atoms with Crippen molar-refractivity contribution in [3.05, 3.63) is 22.4 Å². The first-order chi connectivity index (χ1) is 8.29. The average Bonchev–Trinajstić information content (AvgIpc) is 2.74. The summed E-state index contributed by atoms with van der Waals surface area (Å²) in [6.45, 7) is -0.473. The van der Waals surface area contributed by atoms with E-state index in [4.69, 9.17) is 39.9 Å². The fourth-order valence-electron chi connectivity index (χ4n) is 1.03. The van der Waals surface area contributed by atoms with E-state index in [-0.39, 0.29) is 0 Å². The maximum Gasteiger partial charge on any atom is 0.408 e. The quantitative estimate of drug-likeness (QED) is 0.831. The van der Waals surface area contributed by atoms with Crippen LogP contribution in [0.3, 0.4) is 0 Å². The van der Waals surface area contributed by atoms with E-state index in [2.05, 4.69) is 10.1 Å². The number of carbonyl (C=O) groups excluding carboxylic acids is 1. The van der Waals surface area contributed by atoms with Crippen molar-refractivity contribution in [2.24, 2.45) is 0 Å². The van der Waals surface area contributed by atoms with Gasteiger partial charge < -0.3 is 15.2 Å². The van der Waals surface area contributed by atoms with Crippen LogP contribution in [-0.4, -0.2) is 27.6 Å². The third kappa shape index (κ3) is 5.30. The molecule has 0 unspecified atom stereocenters. The fraction of sp³-hybridized carbons (Fsp3) is 0.333. The number of thiophene rings is 1. The summed E-state index contributed by atoms with van der Waals surface area (Å²) in [5.41, 5.74) is 0.443. The van der Waals surface area contributed by atoms with Crippen LogP contribution in [0.15, 0.2) is 16.8 Å². The molecule has 1 aromatic heterocycles. The molecule has 18 heavy (non-hydrogen) atoms. The summed E-state index contributed by atoms with van der Waals surface area (Å²) in [4.78, 5) is 22.3. The Morgan fingerprint density at radius 1 is 1.50 bits per heavy atom.